The first kappa shape index (κ1) is 16.2. The molecule has 1 amide bonds. The van der Waals surface area contributed by atoms with Crippen molar-refractivity contribution in [3.05, 3.63) is 76.1 Å². The summed E-state index contributed by atoms with van der Waals surface area (Å²) in [4.78, 5) is 29.1. The Labute approximate surface area is 151 Å². The van der Waals surface area contributed by atoms with Gasteiger partial charge in [0.25, 0.3) is 11.5 Å². The van der Waals surface area contributed by atoms with E-state index in [0.717, 1.165) is 11.1 Å². The van der Waals surface area contributed by atoms with Crippen molar-refractivity contribution in [2.24, 2.45) is 0 Å². The Hall–Kier alpha value is -3.26. The molecule has 0 saturated heterocycles. The number of furan rings is 1. The van der Waals surface area contributed by atoms with Crippen molar-refractivity contribution >= 4 is 22.2 Å². The van der Waals surface area contributed by atoms with Crippen LogP contribution in [0.3, 0.4) is 0 Å². The molecule has 0 saturated carbocycles. The molecule has 4 aromatic rings. The molecular weight excluding hydrogens is 352 g/mol. The molecule has 0 aliphatic carbocycles. The Bertz CT molecular complexity index is 1130. The molecule has 130 valence electrons. The third-order valence-corrected chi connectivity index (χ3v) is 4.73. The van der Waals surface area contributed by atoms with E-state index < -0.39 is 0 Å². The maximum atomic E-state index is 12.3. The van der Waals surface area contributed by atoms with Crippen LogP contribution in [0.5, 0.6) is 0 Å². The molecule has 0 aliphatic rings. The van der Waals surface area contributed by atoms with E-state index in [1.165, 1.54) is 28.2 Å². The molecule has 3 heterocycles. The number of fused-ring (bicyclic) bond motifs is 1. The van der Waals surface area contributed by atoms with Gasteiger partial charge in [-0.1, -0.05) is 41.2 Å². The Morgan fingerprint density at radius 2 is 2.08 bits per heavy atom. The van der Waals surface area contributed by atoms with Crippen molar-refractivity contribution < 1.29 is 9.21 Å². The Morgan fingerprint density at radius 3 is 2.81 bits per heavy atom. The van der Waals surface area contributed by atoms with Crippen LogP contribution in [0.1, 0.15) is 21.8 Å². The van der Waals surface area contributed by atoms with Crippen LogP contribution in [0.25, 0.3) is 15.5 Å². The Kier molecular flexibility index (Phi) is 4.10. The third-order valence-electron chi connectivity index (χ3n) is 3.77. The lowest BCUT2D eigenvalue weighted by atomic mass is 10.2. The number of amides is 1. The van der Waals surface area contributed by atoms with Gasteiger partial charge in [-0.15, -0.1) is 0 Å². The first-order valence-electron chi connectivity index (χ1n) is 7.89. The summed E-state index contributed by atoms with van der Waals surface area (Å²) in [6.45, 7) is 2.14. The van der Waals surface area contributed by atoms with Gasteiger partial charge < -0.3 is 9.73 Å². The number of hydrogen-bond donors (Lipinski definition) is 1. The van der Waals surface area contributed by atoms with Gasteiger partial charge in [0, 0.05) is 11.6 Å². The smallest absolute Gasteiger partial charge is 0.287 e. The molecule has 0 bridgehead atoms. The van der Waals surface area contributed by atoms with Gasteiger partial charge in [-0.3, -0.25) is 9.59 Å². The molecule has 0 aliphatic heterocycles. The number of aryl methyl sites for hydroxylation is 1. The predicted molar refractivity (Wildman–Crippen MR) is 97.2 cm³/mol. The van der Waals surface area contributed by atoms with Crippen molar-refractivity contribution in [2.75, 3.05) is 0 Å². The number of hydrogen-bond acceptors (Lipinski definition) is 6. The number of rotatable bonds is 4. The quantitative estimate of drug-likeness (QED) is 0.600. The van der Waals surface area contributed by atoms with Crippen LogP contribution < -0.4 is 10.9 Å². The highest BCUT2D eigenvalue weighted by molar-refractivity contribution is 7.19. The summed E-state index contributed by atoms with van der Waals surface area (Å²) in [5.41, 5.74) is 2.26. The maximum Gasteiger partial charge on any atom is 0.287 e. The van der Waals surface area contributed by atoms with Gasteiger partial charge in [0.05, 0.1) is 18.5 Å². The summed E-state index contributed by atoms with van der Waals surface area (Å²) in [6, 6.07) is 12.5. The minimum absolute atomic E-state index is 0.128. The zero-order valence-electron chi connectivity index (χ0n) is 13.8. The molecule has 0 unspecified atom stereocenters. The summed E-state index contributed by atoms with van der Waals surface area (Å²) >= 11 is 1.33. The summed E-state index contributed by atoms with van der Waals surface area (Å²) in [5, 5.41) is 7.74. The minimum Gasteiger partial charge on any atom is -0.459 e. The average molecular weight is 366 g/mol. The summed E-state index contributed by atoms with van der Waals surface area (Å²) in [5.74, 6) is -0.149. The number of nitrogens with zero attached hydrogens (tertiary/aromatic N) is 3. The van der Waals surface area contributed by atoms with Crippen molar-refractivity contribution in [2.45, 2.75) is 13.5 Å². The van der Waals surface area contributed by atoms with E-state index in [1.807, 2.05) is 31.2 Å². The summed E-state index contributed by atoms with van der Waals surface area (Å²) < 4.78 is 6.31. The largest absolute Gasteiger partial charge is 0.459 e. The van der Waals surface area contributed by atoms with Gasteiger partial charge in [0.2, 0.25) is 4.96 Å². The van der Waals surface area contributed by atoms with Crippen molar-refractivity contribution in [3.8, 4) is 10.6 Å². The highest BCUT2D eigenvalue weighted by Crippen LogP contribution is 2.24. The number of benzene rings is 1. The number of nitrogens with one attached hydrogen (secondary N) is 1. The number of aromatic nitrogens is 3. The Balaban J connectivity index is 1.60. The number of carbonyl (C=O) groups is 1. The first-order chi connectivity index (χ1) is 12.6. The van der Waals surface area contributed by atoms with Gasteiger partial charge in [-0.25, -0.2) is 4.98 Å². The fraction of sp³-hybridized carbons (Fsp3) is 0.111. The lowest BCUT2D eigenvalue weighted by Crippen LogP contribution is -2.24. The van der Waals surface area contributed by atoms with E-state index >= 15 is 0 Å². The van der Waals surface area contributed by atoms with Gasteiger partial charge in [-0.2, -0.15) is 9.61 Å². The van der Waals surface area contributed by atoms with Crippen LogP contribution in [0.2, 0.25) is 0 Å². The zero-order chi connectivity index (χ0) is 18.1. The van der Waals surface area contributed by atoms with E-state index in [1.54, 1.807) is 12.1 Å². The standard InChI is InChI=1S/C18H14N4O3S/c1-11-4-6-12(7-5-11)17-21-22-15(23)9-13(20-18(22)26-17)10-19-16(24)14-3-2-8-25-14/h2-9H,10H2,1H3,(H,19,24). The number of carbonyl (C=O) groups excluding carboxylic acids is 1. The molecule has 26 heavy (non-hydrogen) atoms. The highest BCUT2D eigenvalue weighted by Gasteiger charge is 2.12. The molecule has 1 aromatic carbocycles. The predicted octanol–water partition coefficient (Wildman–Crippen LogP) is 2.65. The van der Waals surface area contributed by atoms with Gasteiger partial charge in [-0.05, 0) is 19.1 Å². The fourth-order valence-electron chi connectivity index (χ4n) is 2.43. The molecule has 1 N–H and O–H groups in total. The molecule has 8 heteroatoms. The van der Waals surface area contributed by atoms with E-state index in [0.29, 0.717) is 15.7 Å². The van der Waals surface area contributed by atoms with Crippen LogP contribution in [0.4, 0.5) is 0 Å². The molecule has 4 rings (SSSR count). The second-order valence-corrected chi connectivity index (χ2v) is 6.67. The van der Waals surface area contributed by atoms with Gasteiger partial charge >= 0.3 is 0 Å². The minimum atomic E-state index is -0.360. The van der Waals surface area contributed by atoms with Crippen LogP contribution in [-0.2, 0) is 6.54 Å². The monoisotopic (exact) mass is 366 g/mol. The van der Waals surface area contributed by atoms with E-state index in [9.17, 15) is 9.59 Å². The van der Waals surface area contributed by atoms with Crippen molar-refractivity contribution in [1.82, 2.24) is 19.9 Å². The van der Waals surface area contributed by atoms with Crippen LogP contribution in [-0.4, -0.2) is 20.5 Å². The lowest BCUT2D eigenvalue weighted by molar-refractivity contribution is 0.0922. The molecule has 0 spiro atoms. The van der Waals surface area contributed by atoms with Crippen molar-refractivity contribution in [1.29, 1.82) is 0 Å². The van der Waals surface area contributed by atoms with E-state index in [2.05, 4.69) is 15.4 Å². The van der Waals surface area contributed by atoms with Crippen LogP contribution in [0.15, 0.2) is 57.9 Å². The molecule has 3 aromatic heterocycles. The molecule has 0 radical (unpaired) electrons. The van der Waals surface area contributed by atoms with E-state index in [-0.39, 0.29) is 23.8 Å². The molecule has 0 atom stereocenters. The molecule has 0 fully saturated rings. The van der Waals surface area contributed by atoms with Crippen LogP contribution >= 0.6 is 11.3 Å². The second-order valence-electron chi connectivity index (χ2n) is 5.71. The molecule has 7 nitrogen and oxygen atoms in total. The Morgan fingerprint density at radius 1 is 1.27 bits per heavy atom. The first-order valence-corrected chi connectivity index (χ1v) is 8.70. The average Bonchev–Trinajstić information content (AvgIpc) is 3.30. The van der Waals surface area contributed by atoms with Crippen molar-refractivity contribution in [3.63, 3.8) is 0 Å². The molecular formula is C18H14N4O3S. The third kappa shape index (κ3) is 3.14. The fourth-order valence-corrected chi connectivity index (χ4v) is 3.35. The lowest BCUT2D eigenvalue weighted by Gasteiger charge is -2.02. The topological polar surface area (TPSA) is 89.5 Å². The summed E-state index contributed by atoms with van der Waals surface area (Å²) in [6.07, 6.45) is 1.43. The van der Waals surface area contributed by atoms with Gasteiger partial charge in [0.15, 0.2) is 5.76 Å². The highest BCUT2D eigenvalue weighted by atomic mass is 32.1. The summed E-state index contributed by atoms with van der Waals surface area (Å²) in [7, 11) is 0. The van der Waals surface area contributed by atoms with E-state index in [4.69, 9.17) is 4.42 Å². The normalized spacial score (nSPS) is 11.0. The zero-order valence-corrected chi connectivity index (χ0v) is 14.6. The second kappa shape index (κ2) is 6.57. The maximum absolute atomic E-state index is 12.3. The SMILES string of the molecule is Cc1ccc(-c2nn3c(=O)cc(CNC(=O)c4ccco4)nc3s2)cc1. The van der Waals surface area contributed by atoms with Gasteiger partial charge in [0.1, 0.15) is 5.01 Å². The van der Waals surface area contributed by atoms with Crippen LogP contribution in [0, 0.1) is 6.92 Å².